The predicted molar refractivity (Wildman–Crippen MR) is 78.6 cm³/mol. The van der Waals surface area contributed by atoms with Crippen LogP contribution in [0, 0.1) is 0 Å². The molecule has 0 radical (unpaired) electrons. The van der Waals surface area contributed by atoms with E-state index < -0.39 is 26.0 Å². The molecule has 0 aliphatic carbocycles. The zero-order valence-electron chi connectivity index (χ0n) is 11.8. The second-order valence-corrected chi connectivity index (χ2v) is 6.68. The number of hydrogen-bond donors (Lipinski definition) is 1. The second-order valence-electron chi connectivity index (χ2n) is 4.20. The lowest BCUT2D eigenvalue weighted by Crippen LogP contribution is -2.23. The molecule has 8 heteroatoms. The van der Waals surface area contributed by atoms with E-state index in [-0.39, 0.29) is 6.42 Å². The molecule has 1 rings (SSSR count). The molecular formula is C13H18ClO6P. The van der Waals surface area contributed by atoms with Gasteiger partial charge in [0, 0.05) is 7.11 Å². The first-order chi connectivity index (χ1) is 9.90. The lowest BCUT2D eigenvalue weighted by atomic mass is 10.3. The number of esters is 1. The quantitative estimate of drug-likeness (QED) is 0.580. The van der Waals surface area contributed by atoms with Gasteiger partial charge in [-0.1, -0.05) is 37.1 Å². The topological polar surface area (TPSA) is 82.1 Å². The Hall–Kier alpha value is -1.07. The van der Waals surface area contributed by atoms with E-state index in [9.17, 15) is 14.3 Å². The standard InChI is InChI=1S/C13H18ClO6P/c1-3-6-13(21(16,17)18-2)20-12(15)9-19-11-8-5-4-7-10(11)14/h4-5,7-8,13H,3,6,9H2,1-2H3,(H,16,17). The van der Waals surface area contributed by atoms with Gasteiger partial charge < -0.3 is 18.9 Å². The van der Waals surface area contributed by atoms with Gasteiger partial charge in [0.25, 0.3) is 0 Å². The summed E-state index contributed by atoms with van der Waals surface area (Å²) in [4.78, 5) is 21.3. The maximum Gasteiger partial charge on any atom is 0.368 e. The molecular weight excluding hydrogens is 319 g/mol. The first-order valence-corrected chi connectivity index (χ1v) is 8.38. The lowest BCUT2D eigenvalue weighted by molar-refractivity contribution is -0.148. The summed E-state index contributed by atoms with van der Waals surface area (Å²) in [6, 6.07) is 6.66. The zero-order valence-corrected chi connectivity index (χ0v) is 13.5. The molecule has 0 saturated heterocycles. The third kappa shape index (κ3) is 5.67. The molecule has 0 fully saturated rings. The Labute approximate surface area is 128 Å². The Morgan fingerprint density at radius 3 is 2.67 bits per heavy atom. The van der Waals surface area contributed by atoms with E-state index >= 15 is 0 Å². The van der Waals surface area contributed by atoms with Crippen molar-refractivity contribution in [3.63, 3.8) is 0 Å². The highest BCUT2D eigenvalue weighted by Gasteiger charge is 2.34. The molecule has 0 bridgehead atoms. The molecule has 0 aromatic heterocycles. The van der Waals surface area contributed by atoms with Crippen LogP contribution in [0.3, 0.4) is 0 Å². The molecule has 2 atom stereocenters. The summed E-state index contributed by atoms with van der Waals surface area (Å²) in [6.07, 6.45) is 0.788. The predicted octanol–water partition coefficient (Wildman–Crippen LogP) is 3.22. The van der Waals surface area contributed by atoms with E-state index in [1.54, 1.807) is 31.2 Å². The highest BCUT2D eigenvalue weighted by molar-refractivity contribution is 7.53. The fourth-order valence-electron chi connectivity index (χ4n) is 1.54. The van der Waals surface area contributed by atoms with Gasteiger partial charge >= 0.3 is 13.6 Å². The van der Waals surface area contributed by atoms with Crippen LogP contribution in [-0.4, -0.2) is 30.4 Å². The molecule has 2 unspecified atom stereocenters. The summed E-state index contributed by atoms with van der Waals surface area (Å²) in [5.41, 5.74) is 0. The number of carbonyl (C=O) groups excluding carboxylic acids is 1. The Morgan fingerprint density at radius 2 is 2.10 bits per heavy atom. The highest BCUT2D eigenvalue weighted by Crippen LogP contribution is 2.49. The average Bonchev–Trinajstić information content (AvgIpc) is 2.46. The Kier molecular flexibility index (Phi) is 7.18. The molecule has 6 nitrogen and oxygen atoms in total. The van der Waals surface area contributed by atoms with Crippen LogP contribution in [0.5, 0.6) is 5.75 Å². The number of benzene rings is 1. The Balaban J connectivity index is 2.59. The van der Waals surface area contributed by atoms with Crippen LogP contribution in [0.25, 0.3) is 0 Å². The van der Waals surface area contributed by atoms with Crippen molar-refractivity contribution < 1.29 is 28.3 Å². The lowest BCUT2D eigenvalue weighted by Gasteiger charge is -2.21. The van der Waals surface area contributed by atoms with E-state index in [2.05, 4.69) is 4.52 Å². The Morgan fingerprint density at radius 1 is 1.43 bits per heavy atom. The normalized spacial score (nSPS) is 15.0. The molecule has 0 amide bonds. The van der Waals surface area contributed by atoms with Crippen LogP contribution in [0.4, 0.5) is 0 Å². The van der Waals surface area contributed by atoms with Crippen molar-refractivity contribution in [1.82, 2.24) is 0 Å². The van der Waals surface area contributed by atoms with E-state index in [1.807, 2.05) is 0 Å². The van der Waals surface area contributed by atoms with Gasteiger partial charge in [-0.15, -0.1) is 0 Å². The summed E-state index contributed by atoms with van der Waals surface area (Å²) in [5, 5.41) is 0.361. The highest BCUT2D eigenvalue weighted by atomic mass is 35.5. The van der Waals surface area contributed by atoms with Crippen molar-refractivity contribution in [3.8, 4) is 5.75 Å². The number of hydrogen-bond acceptors (Lipinski definition) is 5. The second kappa shape index (κ2) is 8.39. The molecule has 0 aliphatic heterocycles. The first-order valence-electron chi connectivity index (χ1n) is 6.35. The smallest absolute Gasteiger partial charge is 0.368 e. The largest absolute Gasteiger partial charge is 0.480 e. The number of halogens is 1. The number of para-hydroxylation sites is 1. The summed E-state index contributed by atoms with van der Waals surface area (Å²) < 4.78 is 26.4. The summed E-state index contributed by atoms with van der Waals surface area (Å²) in [5.74, 6) is -1.63. The van der Waals surface area contributed by atoms with E-state index in [1.165, 1.54) is 0 Å². The van der Waals surface area contributed by atoms with Crippen LogP contribution in [0.2, 0.25) is 5.02 Å². The fourth-order valence-corrected chi connectivity index (χ4v) is 2.80. The van der Waals surface area contributed by atoms with Gasteiger partial charge in [0.05, 0.1) is 5.02 Å². The number of carbonyl (C=O) groups is 1. The summed E-state index contributed by atoms with van der Waals surface area (Å²) in [6.45, 7) is 1.39. The van der Waals surface area contributed by atoms with Crippen LogP contribution in [-0.2, 0) is 18.6 Å². The maximum atomic E-state index is 11.7. The van der Waals surface area contributed by atoms with Crippen LogP contribution >= 0.6 is 19.2 Å². The van der Waals surface area contributed by atoms with Crippen molar-refractivity contribution in [2.24, 2.45) is 0 Å². The molecule has 0 heterocycles. The van der Waals surface area contributed by atoms with Gasteiger partial charge in [0.2, 0.25) is 5.85 Å². The SMILES string of the molecule is CCCC(OC(=O)COc1ccccc1Cl)P(=O)(O)OC. The molecule has 0 spiro atoms. The average molecular weight is 337 g/mol. The maximum absolute atomic E-state index is 11.7. The van der Waals surface area contributed by atoms with Gasteiger partial charge in [0.1, 0.15) is 5.75 Å². The molecule has 21 heavy (non-hydrogen) atoms. The van der Waals surface area contributed by atoms with E-state index in [0.29, 0.717) is 17.2 Å². The van der Waals surface area contributed by atoms with Crippen molar-refractivity contribution in [1.29, 1.82) is 0 Å². The summed E-state index contributed by atoms with van der Waals surface area (Å²) >= 11 is 5.88. The van der Waals surface area contributed by atoms with Gasteiger partial charge in [-0.2, -0.15) is 0 Å². The fraction of sp³-hybridized carbons (Fsp3) is 0.462. The zero-order chi connectivity index (χ0) is 15.9. The van der Waals surface area contributed by atoms with Gasteiger partial charge in [-0.25, -0.2) is 4.79 Å². The molecule has 118 valence electrons. The third-order valence-corrected chi connectivity index (χ3v) is 4.54. The van der Waals surface area contributed by atoms with Crippen LogP contribution in [0.15, 0.2) is 24.3 Å². The van der Waals surface area contributed by atoms with E-state index in [4.69, 9.17) is 21.1 Å². The minimum Gasteiger partial charge on any atom is -0.480 e. The van der Waals surface area contributed by atoms with Crippen molar-refractivity contribution in [2.45, 2.75) is 25.6 Å². The molecule has 0 saturated carbocycles. The monoisotopic (exact) mass is 336 g/mol. The van der Waals surface area contributed by atoms with Gasteiger partial charge in [-0.3, -0.25) is 4.57 Å². The first kappa shape index (κ1) is 18.0. The van der Waals surface area contributed by atoms with Crippen LogP contribution in [0.1, 0.15) is 19.8 Å². The van der Waals surface area contributed by atoms with Crippen molar-refractivity contribution >= 4 is 25.2 Å². The minimum absolute atomic E-state index is 0.222. The molecule has 1 N–H and O–H groups in total. The number of rotatable bonds is 8. The van der Waals surface area contributed by atoms with Gasteiger partial charge in [-0.05, 0) is 18.6 Å². The Bertz CT molecular complexity index is 521. The van der Waals surface area contributed by atoms with Gasteiger partial charge in [0.15, 0.2) is 6.61 Å². The minimum atomic E-state index is -3.98. The molecule has 0 aliphatic rings. The number of ether oxygens (including phenoxy) is 2. The van der Waals surface area contributed by atoms with Crippen molar-refractivity contribution in [3.05, 3.63) is 29.3 Å². The molecule has 1 aromatic carbocycles. The van der Waals surface area contributed by atoms with E-state index in [0.717, 1.165) is 7.11 Å². The molecule has 1 aromatic rings. The van der Waals surface area contributed by atoms with Crippen molar-refractivity contribution in [2.75, 3.05) is 13.7 Å². The third-order valence-electron chi connectivity index (χ3n) is 2.61. The summed E-state index contributed by atoms with van der Waals surface area (Å²) in [7, 11) is -2.89. The van der Waals surface area contributed by atoms with Crippen LogP contribution < -0.4 is 4.74 Å².